The maximum absolute atomic E-state index is 13.1. The fourth-order valence-corrected chi connectivity index (χ4v) is 5.61. The van der Waals surface area contributed by atoms with Crippen molar-refractivity contribution in [3.8, 4) is 5.75 Å². The standard InChI is InChI=1S/C21H26O5/c1-12-10-14-13(17(23)25-12)11-15-19(4,26-14)8-9-21(24)18(2,3)7-6-16(22)20(15,21)5/h6-7,10,15,24H,8-9,11H2,1-5H3/t15-,19+,20+,21+/m1/s1. The van der Waals surface area contributed by atoms with Crippen LogP contribution in [-0.4, -0.2) is 22.1 Å². The number of ketones is 1. The zero-order chi connectivity index (χ0) is 19.1. The monoisotopic (exact) mass is 358 g/mol. The van der Waals surface area contributed by atoms with E-state index in [0.29, 0.717) is 36.3 Å². The van der Waals surface area contributed by atoms with Crippen molar-refractivity contribution < 1.29 is 19.1 Å². The van der Waals surface area contributed by atoms with E-state index in [1.54, 1.807) is 19.1 Å². The van der Waals surface area contributed by atoms with Gasteiger partial charge in [-0.25, -0.2) is 4.79 Å². The molecule has 1 fully saturated rings. The van der Waals surface area contributed by atoms with E-state index in [2.05, 4.69) is 0 Å². The van der Waals surface area contributed by atoms with Crippen molar-refractivity contribution in [1.29, 1.82) is 0 Å². The van der Waals surface area contributed by atoms with Gasteiger partial charge in [0.25, 0.3) is 0 Å². The van der Waals surface area contributed by atoms with Crippen LogP contribution in [0.15, 0.2) is 27.4 Å². The SMILES string of the molecule is Cc1cc2c(c(=O)o1)C[C@@H]1[C@](C)(CC[C@]3(O)C(C)(C)C=CC(=O)[C@]13C)O2. The lowest BCUT2D eigenvalue weighted by atomic mass is 9.43. The lowest BCUT2D eigenvalue weighted by Gasteiger charge is -2.64. The smallest absolute Gasteiger partial charge is 0.342 e. The van der Waals surface area contributed by atoms with Gasteiger partial charge in [-0.1, -0.05) is 19.9 Å². The zero-order valence-electron chi connectivity index (χ0n) is 16.0. The second-order valence-corrected chi connectivity index (χ2v) is 9.14. The number of carbonyl (C=O) groups is 1. The number of hydrogen-bond acceptors (Lipinski definition) is 5. The summed E-state index contributed by atoms with van der Waals surface area (Å²) in [5.41, 5.74) is -3.35. The molecule has 0 bridgehead atoms. The van der Waals surface area contributed by atoms with Gasteiger partial charge in [-0.3, -0.25) is 4.79 Å². The third kappa shape index (κ3) is 1.90. The number of ether oxygens (including phenoxy) is 1. The second-order valence-electron chi connectivity index (χ2n) is 9.14. The molecule has 0 saturated heterocycles. The number of aliphatic hydroxyl groups is 1. The highest BCUT2D eigenvalue weighted by Gasteiger charge is 2.70. The summed E-state index contributed by atoms with van der Waals surface area (Å²) in [6, 6.07) is 1.74. The van der Waals surface area contributed by atoms with Crippen LogP contribution in [0.5, 0.6) is 5.75 Å². The molecule has 1 N–H and O–H groups in total. The Kier molecular flexibility index (Phi) is 3.29. The summed E-state index contributed by atoms with van der Waals surface area (Å²) in [4.78, 5) is 25.5. The third-order valence-electron chi connectivity index (χ3n) is 7.39. The molecule has 1 saturated carbocycles. The Morgan fingerprint density at radius 1 is 1.15 bits per heavy atom. The van der Waals surface area contributed by atoms with E-state index >= 15 is 0 Å². The summed E-state index contributed by atoms with van der Waals surface area (Å²) in [5, 5.41) is 11.7. The largest absolute Gasteiger partial charge is 0.487 e. The molecule has 1 aliphatic heterocycles. The summed E-state index contributed by atoms with van der Waals surface area (Å²) in [6.45, 7) is 9.48. The lowest BCUT2D eigenvalue weighted by Crippen LogP contribution is -2.72. The van der Waals surface area contributed by atoms with Gasteiger partial charge in [0.1, 0.15) is 17.1 Å². The van der Waals surface area contributed by atoms with E-state index in [9.17, 15) is 14.7 Å². The van der Waals surface area contributed by atoms with Crippen LogP contribution in [-0.2, 0) is 11.2 Å². The first kappa shape index (κ1) is 17.5. The van der Waals surface area contributed by atoms with Crippen LogP contribution in [0.3, 0.4) is 0 Å². The summed E-state index contributed by atoms with van der Waals surface area (Å²) in [5.74, 6) is 0.638. The fraction of sp³-hybridized carbons (Fsp3) is 0.619. The average Bonchev–Trinajstić information content (AvgIpc) is 2.54. The summed E-state index contributed by atoms with van der Waals surface area (Å²) >= 11 is 0. The van der Waals surface area contributed by atoms with Gasteiger partial charge in [-0.2, -0.15) is 0 Å². The zero-order valence-corrected chi connectivity index (χ0v) is 16.0. The van der Waals surface area contributed by atoms with Gasteiger partial charge in [0, 0.05) is 17.4 Å². The summed E-state index contributed by atoms with van der Waals surface area (Å²) in [6.07, 6.45) is 4.85. The van der Waals surface area contributed by atoms with Crippen molar-refractivity contribution in [3.05, 3.63) is 40.0 Å². The van der Waals surface area contributed by atoms with E-state index in [0.717, 1.165) is 0 Å². The lowest BCUT2D eigenvalue weighted by molar-refractivity contribution is -0.230. The van der Waals surface area contributed by atoms with Crippen LogP contribution in [0.25, 0.3) is 0 Å². The van der Waals surface area contributed by atoms with Crippen molar-refractivity contribution in [3.63, 3.8) is 0 Å². The molecule has 4 atom stereocenters. The third-order valence-corrected chi connectivity index (χ3v) is 7.39. The van der Waals surface area contributed by atoms with Crippen LogP contribution in [0.4, 0.5) is 0 Å². The van der Waals surface area contributed by atoms with E-state index < -0.39 is 27.7 Å². The predicted molar refractivity (Wildman–Crippen MR) is 96.2 cm³/mol. The molecule has 2 aliphatic carbocycles. The van der Waals surface area contributed by atoms with Crippen LogP contribution in [0.2, 0.25) is 0 Å². The molecule has 5 heteroatoms. The van der Waals surface area contributed by atoms with Crippen LogP contribution in [0.1, 0.15) is 51.9 Å². The number of fused-ring (bicyclic) bond motifs is 4. The first-order valence-electron chi connectivity index (χ1n) is 9.23. The summed E-state index contributed by atoms with van der Waals surface area (Å²) < 4.78 is 11.6. The number of hydrogen-bond donors (Lipinski definition) is 1. The highest BCUT2D eigenvalue weighted by Crippen LogP contribution is 2.63. The highest BCUT2D eigenvalue weighted by molar-refractivity contribution is 5.97. The second kappa shape index (κ2) is 4.89. The predicted octanol–water partition coefficient (Wildman–Crippen LogP) is 2.95. The molecule has 26 heavy (non-hydrogen) atoms. The van der Waals surface area contributed by atoms with Crippen molar-refractivity contribution in [2.45, 2.75) is 65.1 Å². The molecule has 0 amide bonds. The Bertz CT molecular complexity index is 894. The van der Waals surface area contributed by atoms with Gasteiger partial charge in [0.15, 0.2) is 5.78 Å². The van der Waals surface area contributed by atoms with Crippen LogP contribution < -0.4 is 10.4 Å². The molecule has 0 unspecified atom stereocenters. The molecule has 5 nitrogen and oxygen atoms in total. The molecule has 0 radical (unpaired) electrons. The Morgan fingerprint density at radius 3 is 2.54 bits per heavy atom. The van der Waals surface area contributed by atoms with Gasteiger partial charge in [0.2, 0.25) is 0 Å². The van der Waals surface area contributed by atoms with E-state index in [-0.39, 0.29) is 11.7 Å². The van der Waals surface area contributed by atoms with E-state index in [1.165, 1.54) is 0 Å². The van der Waals surface area contributed by atoms with Crippen molar-refractivity contribution in [2.24, 2.45) is 16.7 Å². The molecule has 2 heterocycles. The van der Waals surface area contributed by atoms with Gasteiger partial charge < -0.3 is 14.3 Å². The van der Waals surface area contributed by atoms with Gasteiger partial charge >= 0.3 is 5.63 Å². The Morgan fingerprint density at radius 2 is 1.85 bits per heavy atom. The quantitative estimate of drug-likeness (QED) is 0.772. The first-order valence-corrected chi connectivity index (χ1v) is 9.23. The first-order chi connectivity index (χ1) is 11.9. The number of aryl methyl sites for hydroxylation is 1. The molecule has 140 valence electrons. The number of rotatable bonds is 0. The van der Waals surface area contributed by atoms with Gasteiger partial charge in [0.05, 0.1) is 16.6 Å². The van der Waals surface area contributed by atoms with E-state index in [1.807, 2.05) is 33.8 Å². The Hall–Kier alpha value is -1.88. The maximum Gasteiger partial charge on any atom is 0.342 e. The van der Waals surface area contributed by atoms with Crippen LogP contribution in [0, 0.1) is 23.7 Å². The molecular weight excluding hydrogens is 332 g/mol. The fourth-order valence-electron chi connectivity index (χ4n) is 5.61. The minimum atomic E-state index is -1.19. The normalized spacial score (nSPS) is 40.2. The Balaban J connectivity index is 1.93. The van der Waals surface area contributed by atoms with Gasteiger partial charge in [-0.15, -0.1) is 0 Å². The minimum absolute atomic E-state index is 0.0983. The topological polar surface area (TPSA) is 76.7 Å². The van der Waals surface area contributed by atoms with E-state index in [4.69, 9.17) is 9.15 Å². The van der Waals surface area contributed by atoms with Crippen molar-refractivity contribution in [1.82, 2.24) is 0 Å². The minimum Gasteiger partial charge on any atom is -0.487 e. The van der Waals surface area contributed by atoms with Gasteiger partial charge in [-0.05, 0) is 46.1 Å². The van der Waals surface area contributed by atoms with Crippen LogP contribution >= 0.6 is 0 Å². The molecular formula is C21H26O5. The molecule has 3 aliphatic rings. The average molecular weight is 358 g/mol. The maximum atomic E-state index is 13.1. The van der Waals surface area contributed by atoms with Crippen molar-refractivity contribution in [2.75, 3.05) is 0 Å². The van der Waals surface area contributed by atoms with Crippen molar-refractivity contribution >= 4 is 5.78 Å². The highest BCUT2D eigenvalue weighted by atomic mass is 16.5. The number of allylic oxidation sites excluding steroid dienone is 1. The molecule has 1 aromatic heterocycles. The molecule has 0 aromatic carbocycles. The number of carbonyl (C=O) groups excluding carboxylic acids is 1. The molecule has 0 spiro atoms. The summed E-state index contributed by atoms with van der Waals surface area (Å²) in [7, 11) is 0. The molecule has 4 rings (SSSR count). The Labute approximate surface area is 153 Å². The molecule has 1 aromatic rings.